The number of hydrogen-bond acceptors (Lipinski definition) is 4. The van der Waals surface area contributed by atoms with E-state index in [-0.39, 0.29) is 0 Å². The van der Waals surface area contributed by atoms with Crippen LogP contribution in [-0.4, -0.2) is 22.3 Å². The van der Waals surface area contributed by atoms with Crippen LogP contribution in [0.1, 0.15) is 5.69 Å². The molecule has 0 unspecified atom stereocenters. The predicted octanol–water partition coefficient (Wildman–Crippen LogP) is 3.72. The Morgan fingerprint density at radius 3 is 3.00 bits per heavy atom. The molecule has 0 spiro atoms. The Balaban J connectivity index is 1.76. The largest absolute Gasteiger partial charge is 0.493 e. The minimum absolute atomic E-state index is 0.637. The first-order valence-corrected chi connectivity index (χ1v) is 7.33. The molecule has 0 fully saturated rings. The van der Waals surface area contributed by atoms with E-state index in [9.17, 15) is 0 Å². The molecule has 0 atom stereocenters. The van der Waals surface area contributed by atoms with Crippen LogP contribution in [-0.2, 0) is 0 Å². The summed E-state index contributed by atoms with van der Waals surface area (Å²) in [4.78, 5) is 8.51. The normalized spacial score (nSPS) is 10.3. The average molecular weight is 325 g/mol. The monoisotopic (exact) mass is 324 g/mol. The standard InChI is InChI=1S/C13H13BrN2OS/c1-10-5-6-15-13(16-10)18-8-7-17-12-4-2-3-11(14)9-12/h2-6,9H,7-8H2,1H3. The van der Waals surface area contributed by atoms with Crippen molar-refractivity contribution in [3.05, 3.63) is 46.7 Å². The first-order chi connectivity index (χ1) is 8.74. The van der Waals surface area contributed by atoms with Crippen molar-refractivity contribution in [2.45, 2.75) is 12.1 Å². The van der Waals surface area contributed by atoms with Crippen LogP contribution in [0.15, 0.2) is 46.2 Å². The summed E-state index contributed by atoms with van der Waals surface area (Å²) in [6.45, 7) is 2.60. The molecule has 0 aliphatic carbocycles. The summed E-state index contributed by atoms with van der Waals surface area (Å²) in [7, 11) is 0. The van der Waals surface area contributed by atoms with Crippen LogP contribution in [0.4, 0.5) is 0 Å². The van der Waals surface area contributed by atoms with Gasteiger partial charge in [-0.2, -0.15) is 0 Å². The highest BCUT2D eigenvalue weighted by Crippen LogP contribution is 2.18. The molecule has 0 saturated heterocycles. The third-order valence-corrected chi connectivity index (χ3v) is 3.47. The zero-order valence-electron chi connectivity index (χ0n) is 9.97. The number of halogens is 1. The lowest BCUT2D eigenvalue weighted by Crippen LogP contribution is -2.01. The van der Waals surface area contributed by atoms with Crippen LogP contribution < -0.4 is 4.74 Å². The van der Waals surface area contributed by atoms with Crippen molar-refractivity contribution in [1.82, 2.24) is 9.97 Å². The van der Waals surface area contributed by atoms with Gasteiger partial charge in [0.15, 0.2) is 5.16 Å². The van der Waals surface area contributed by atoms with Gasteiger partial charge in [-0.15, -0.1) is 0 Å². The molecule has 1 aromatic carbocycles. The highest BCUT2D eigenvalue weighted by atomic mass is 79.9. The zero-order valence-corrected chi connectivity index (χ0v) is 12.4. The molecule has 5 heteroatoms. The molecule has 2 rings (SSSR count). The number of nitrogens with zero attached hydrogens (tertiary/aromatic N) is 2. The first-order valence-electron chi connectivity index (χ1n) is 5.55. The van der Waals surface area contributed by atoms with Crippen LogP contribution >= 0.6 is 27.7 Å². The van der Waals surface area contributed by atoms with Crippen molar-refractivity contribution >= 4 is 27.7 Å². The lowest BCUT2D eigenvalue weighted by atomic mass is 10.3. The number of ether oxygens (including phenoxy) is 1. The molecule has 3 nitrogen and oxygen atoms in total. The molecule has 1 aromatic heterocycles. The molecular formula is C13H13BrN2OS. The van der Waals surface area contributed by atoms with Gasteiger partial charge in [-0.1, -0.05) is 33.8 Å². The molecule has 2 aromatic rings. The SMILES string of the molecule is Cc1ccnc(SCCOc2cccc(Br)c2)n1. The molecule has 0 amide bonds. The molecule has 18 heavy (non-hydrogen) atoms. The van der Waals surface area contributed by atoms with Crippen molar-refractivity contribution in [2.24, 2.45) is 0 Å². The fourth-order valence-electron chi connectivity index (χ4n) is 1.34. The third kappa shape index (κ3) is 4.31. The van der Waals surface area contributed by atoms with E-state index in [1.54, 1.807) is 18.0 Å². The summed E-state index contributed by atoms with van der Waals surface area (Å²) in [6.07, 6.45) is 1.78. The molecule has 0 bridgehead atoms. The van der Waals surface area contributed by atoms with Crippen molar-refractivity contribution in [3.63, 3.8) is 0 Å². The van der Waals surface area contributed by atoms with Gasteiger partial charge < -0.3 is 4.74 Å². The van der Waals surface area contributed by atoms with Crippen LogP contribution in [0.5, 0.6) is 5.75 Å². The summed E-state index contributed by atoms with van der Waals surface area (Å²) in [5.74, 6) is 1.70. The molecular weight excluding hydrogens is 312 g/mol. The topological polar surface area (TPSA) is 35.0 Å². The second-order valence-electron chi connectivity index (χ2n) is 3.63. The van der Waals surface area contributed by atoms with Gasteiger partial charge in [0.05, 0.1) is 6.61 Å². The van der Waals surface area contributed by atoms with Crippen molar-refractivity contribution in [1.29, 1.82) is 0 Å². The summed E-state index contributed by atoms with van der Waals surface area (Å²) >= 11 is 5.01. The van der Waals surface area contributed by atoms with Gasteiger partial charge >= 0.3 is 0 Å². The Morgan fingerprint density at radius 2 is 2.22 bits per heavy atom. The molecule has 94 valence electrons. The van der Waals surface area contributed by atoms with E-state index in [4.69, 9.17) is 4.74 Å². The van der Waals surface area contributed by atoms with Gasteiger partial charge in [0.1, 0.15) is 5.75 Å². The first kappa shape index (κ1) is 13.4. The second-order valence-corrected chi connectivity index (χ2v) is 5.61. The van der Waals surface area contributed by atoms with Crippen molar-refractivity contribution < 1.29 is 4.74 Å². The predicted molar refractivity (Wildman–Crippen MR) is 77.1 cm³/mol. The Hall–Kier alpha value is -1.07. The maximum Gasteiger partial charge on any atom is 0.187 e. The minimum atomic E-state index is 0.637. The van der Waals surface area contributed by atoms with Gasteiger partial charge in [0.2, 0.25) is 0 Å². The second kappa shape index (κ2) is 6.75. The van der Waals surface area contributed by atoms with E-state index in [2.05, 4.69) is 25.9 Å². The Kier molecular flexibility index (Phi) is 5.01. The lowest BCUT2D eigenvalue weighted by Gasteiger charge is -2.05. The Bertz CT molecular complexity index is 474. The van der Waals surface area contributed by atoms with Gasteiger partial charge in [-0.05, 0) is 31.2 Å². The molecule has 0 saturated carbocycles. The highest BCUT2D eigenvalue weighted by molar-refractivity contribution is 9.10. The van der Waals surface area contributed by atoms with E-state index < -0.39 is 0 Å². The average Bonchev–Trinajstić information content (AvgIpc) is 2.35. The van der Waals surface area contributed by atoms with E-state index in [0.29, 0.717) is 6.61 Å². The maximum atomic E-state index is 5.63. The number of rotatable bonds is 5. The van der Waals surface area contributed by atoms with Crippen LogP contribution in [0.25, 0.3) is 0 Å². The smallest absolute Gasteiger partial charge is 0.187 e. The fourth-order valence-corrected chi connectivity index (χ4v) is 2.42. The fraction of sp³-hybridized carbons (Fsp3) is 0.231. The van der Waals surface area contributed by atoms with E-state index >= 15 is 0 Å². The third-order valence-electron chi connectivity index (χ3n) is 2.15. The number of hydrogen-bond donors (Lipinski definition) is 0. The zero-order chi connectivity index (χ0) is 12.8. The molecule has 0 aliphatic heterocycles. The Labute approximate surface area is 119 Å². The Morgan fingerprint density at radius 1 is 1.33 bits per heavy atom. The number of aromatic nitrogens is 2. The minimum Gasteiger partial charge on any atom is -0.493 e. The lowest BCUT2D eigenvalue weighted by molar-refractivity contribution is 0.343. The van der Waals surface area contributed by atoms with Crippen LogP contribution in [0.3, 0.4) is 0 Å². The van der Waals surface area contributed by atoms with Crippen molar-refractivity contribution in [2.75, 3.05) is 12.4 Å². The van der Waals surface area contributed by atoms with Crippen LogP contribution in [0.2, 0.25) is 0 Å². The molecule has 0 N–H and O–H groups in total. The number of benzene rings is 1. The van der Waals surface area contributed by atoms with Crippen LogP contribution in [0, 0.1) is 6.92 Å². The summed E-state index contributed by atoms with van der Waals surface area (Å²) in [5.41, 5.74) is 0.986. The summed E-state index contributed by atoms with van der Waals surface area (Å²) in [5, 5.41) is 0.799. The number of aryl methyl sites for hydroxylation is 1. The molecule has 0 radical (unpaired) electrons. The molecule has 0 aliphatic rings. The van der Waals surface area contributed by atoms with E-state index in [0.717, 1.165) is 26.8 Å². The quantitative estimate of drug-likeness (QED) is 0.477. The highest BCUT2D eigenvalue weighted by Gasteiger charge is 1.99. The number of thioether (sulfide) groups is 1. The van der Waals surface area contributed by atoms with Gasteiger partial charge in [-0.25, -0.2) is 9.97 Å². The van der Waals surface area contributed by atoms with E-state index in [1.807, 2.05) is 37.3 Å². The summed E-state index contributed by atoms with van der Waals surface area (Å²) in [6, 6.07) is 9.72. The van der Waals surface area contributed by atoms with Crippen molar-refractivity contribution in [3.8, 4) is 5.75 Å². The summed E-state index contributed by atoms with van der Waals surface area (Å²) < 4.78 is 6.66. The van der Waals surface area contributed by atoms with Gasteiger partial charge in [0.25, 0.3) is 0 Å². The van der Waals surface area contributed by atoms with Gasteiger partial charge in [-0.3, -0.25) is 0 Å². The van der Waals surface area contributed by atoms with Gasteiger partial charge in [0, 0.05) is 22.1 Å². The van der Waals surface area contributed by atoms with E-state index in [1.165, 1.54) is 0 Å². The maximum absolute atomic E-state index is 5.63. The molecule has 1 heterocycles.